The Morgan fingerprint density at radius 3 is 2.57 bits per heavy atom. The van der Waals surface area contributed by atoms with Crippen LogP contribution in [0.1, 0.15) is 6.42 Å². The third-order valence-electron chi connectivity index (χ3n) is 4.28. The molecule has 11 heteroatoms. The quantitative estimate of drug-likeness (QED) is 0.675. The molecule has 0 aromatic carbocycles. The van der Waals surface area contributed by atoms with Gasteiger partial charge in [-0.25, -0.2) is 18.4 Å². The maximum absolute atomic E-state index is 11.7. The maximum atomic E-state index is 11.7. The maximum Gasteiger partial charge on any atom is 0.305 e. The molecular weight excluding hydrogens is 384 g/mol. The van der Waals surface area contributed by atoms with Crippen molar-refractivity contribution in [2.24, 2.45) is 0 Å². The van der Waals surface area contributed by atoms with Gasteiger partial charge in [0.15, 0.2) is 5.82 Å². The van der Waals surface area contributed by atoms with Crippen LogP contribution in [0.25, 0.3) is 11.5 Å². The summed E-state index contributed by atoms with van der Waals surface area (Å²) in [4.78, 5) is 26.0. The van der Waals surface area contributed by atoms with E-state index in [9.17, 15) is 13.2 Å². The van der Waals surface area contributed by atoms with E-state index in [1.54, 1.807) is 24.4 Å². The Morgan fingerprint density at radius 2 is 1.96 bits per heavy atom. The zero-order valence-corrected chi connectivity index (χ0v) is 16.3. The first-order chi connectivity index (χ1) is 13.3. The molecular formula is C17H22N6O4S. The minimum absolute atomic E-state index is 0.0364. The second-order valence-electron chi connectivity index (χ2n) is 6.37. The number of aliphatic carboxylic acids is 1. The molecule has 1 saturated heterocycles. The number of nitrogens with one attached hydrogen (secondary N) is 1. The van der Waals surface area contributed by atoms with E-state index >= 15 is 0 Å². The molecule has 0 unspecified atom stereocenters. The van der Waals surface area contributed by atoms with Crippen molar-refractivity contribution in [2.45, 2.75) is 6.42 Å². The largest absolute Gasteiger partial charge is 0.481 e. The molecule has 3 rings (SSSR count). The average Bonchev–Trinajstić information content (AvgIpc) is 2.67. The van der Waals surface area contributed by atoms with Crippen molar-refractivity contribution in [1.82, 2.24) is 19.3 Å². The van der Waals surface area contributed by atoms with Crippen LogP contribution in [0.15, 0.2) is 30.5 Å². The summed E-state index contributed by atoms with van der Waals surface area (Å²) in [6.07, 6.45) is 2.82. The Hall–Kier alpha value is -2.79. The summed E-state index contributed by atoms with van der Waals surface area (Å²) >= 11 is 0. The lowest BCUT2D eigenvalue weighted by Crippen LogP contribution is -2.48. The molecule has 0 atom stereocenters. The number of aromatic nitrogens is 3. The smallest absolute Gasteiger partial charge is 0.305 e. The zero-order valence-electron chi connectivity index (χ0n) is 15.4. The molecule has 1 aliphatic heterocycles. The first-order valence-electron chi connectivity index (χ1n) is 8.79. The number of hydrogen-bond donors (Lipinski definition) is 2. The molecule has 2 aromatic heterocycles. The number of carboxylic acid groups (broad SMARTS) is 1. The average molecular weight is 406 g/mol. The summed E-state index contributed by atoms with van der Waals surface area (Å²) in [5, 5.41) is 11.8. The first kappa shape index (κ1) is 20.0. The van der Waals surface area contributed by atoms with E-state index in [2.05, 4.69) is 20.3 Å². The van der Waals surface area contributed by atoms with E-state index in [1.165, 1.54) is 10.6 Å². The highest BCUT2D eigenvalue weighted by Crippen LogP contribution is 2.22. The van der Waals surface area contributed by atoms with Crippen molar-refractivity contribution >= 4 is 27.6 Å². The Labute approximate surface area is 163 Å². The molecule has 0 aliphatic carbocycles. The Bertz CT molecular complexity index is 930. The number of pyridine rings is 1. The molecule has 1 fully saturated rings. The molecule has 28 heavy (non-hydrogen) atoms. The highest BCUT2D eigenvalue weighted by molar-refractivity contribution is 7.88. The fourth-order valence-electron chi connectivity index (χ4n) is 2.84. The van der Waals surface area contributed by atoms with Crippen molar-refractivity contribution in [3.8, 4) is 11.5 Å². The van der Waals surface area contributed by atoms with Gasteiger partial charge >= 0.3 is 5.97 Å². The second-order valence-corrected chi connectivity index (χ2v) is 8.35. The predicted molar refractivity (Wildman–Crippen MR) is 105 cm³/mol. The minimum Gasteiger partial charge on any atom is -0.481 e. The lowest BCUT2D eigenvalue weighted by atomic mass is 10.3. The van der Waals surface area contributed by atoms with Gasteiger partial charge in [0.25, 0.3) is 0 Å². The second kappa shape index (κ2) is 8.48. The number of sulfonamides is 1. The van der Waals surface area contributed by atoms with Crippen LogP contribution in [0.5, 0.6) is 0 Å². The highest BCUT2D eigenvalue weighted by Gasteiger charge is 2.24. The molecule has 0 spiro atoms. The fraction of sp³-hybridized carbons (Fsp3) is 0.412. The number of anilines is 2. The van der Waals surface area contributed by atoms with Crippen molar-refractivity contribution in [2.75, 3.05) is 49.2 Å². The number of hydrogen-bond acceptors (Lipinski definition) is 8. The SMILES string of the molecule is CS(=O)(=O)N1CCN(c2cc(NCCC(=O)O)nc(-c3ccccn3)n2)CC1. The van der Waals surface area contributed by atoms with Gasteiger partial charge in [-0.1, -0.05) is 6.07 Å². The molecule has 1 aliphatic rings. The molecule has 3 heterocycles. The lowest BCUT2D eigenvalue weighted by Gasteiger charge is -2.34. The molecule has 0 saturated carbocycles. The molecule has 2 N–H and O–H groups in total. The Balaban J connectivity index is 1.84. The molecule has 0 radical (unpaired) electrons. The summed E-state index contributed by atoms with van der Waals surface area (Å²) < 4.78 is 24.9. The lowest BCUT2D eigenvalue weighted by molar-refractivity contribution is -0.136. The number of rotatable bonds is 7. The van der Waals surface area contributed by atoms with Gasteiger partial charge in [-0.15, -0.1) is 0 Å². The van der Waals surface area contributed by atoms with Crippen LogP contribution in [-0.2, 0) is 14.8 Å². The monoisotopic (exact) mass is 406 g/mol. The number of carboxylic acids is 1. The number of piperazine rings is 1. The van der Waals surface area contributed by atoms with Gasteiger partial charge in [0, 0.05) is 45.0 Å². The summed E-state index contributed by atoms with van der Waals surface area (Å²) in [7, 11) is -3.22. The summed E-state index contributed by atoms with van der Waals surface area (Å²) in [5.41, 5.74) is 0.598. The van der Waals surface area contributed by atoms with Crippen LogP contribution in [0, 0.1) is 0 Å². The van der Waals surface area contributed by atoms with Gasteiger partial charge < -0.3 is 15.3 Å². The Morgan fingerprint density at radius 1 is 1.21 bits per heavy atom. The van der Waals surface area contributed by atoms with Gasteiger partial charge in [-0.2, -0.15) is 4.31 Å². The summed E-state index contributed by atoms with van der Waals surface area (Å²) in [6.45, 7) is 1.99. The minimum atomic E-state index is -3.22. The van der Waals surface area contributed by atoms with E-state index < -0.39 is 16.0 Å². The van der Waals surface area contributed by atoms with E-state index in [0.717, 1.165) is 0 Å². The number of carbonyl (C=O) groups is 1. The van der Waals surface area contributed by atoms with Gasteiger partial charge in [0.1, 0.15) is 17.3 Å². The van der Waals surface area contributed by atoms with Crippen LogP contribution in [0.2, 0.25) is 0 Å². The zero-order chi connectivity index (χ0) is 20.1. The van der Waals surface area contributed by atoms with Crippen molar-refractivity contribution < 1.29 is 18.3 Å². The predicted octanol–water partition coefficient (Wildman–Crippen LogP) is 0.507. The molecule has 2 aromatic rings. The van der Waals surface area contributed by atoms with Gasteiger partial charge in [-0.05, 0) is 12.1 Å². The standard InChI is InChI=1S/C17H22N6O4S/c1-28(26,27)23-10-8-22(9-11-23)15-12-14(19-7-5-16(24)25)20-17(21-15)13-4-2-3-6-18-13/h2-4,6,12H,5,7-11H2,1H3,(H,24,25)(H,19,20,21). The highest BCUT2D eigenvalue weighted by atomic mass is 32.2. The van der Waals surface area contributed by atoms with Gasteiger partial charge in [-0.3, -0.25) is 9.78 Å². The van der Waals surface area contributed by atoms with Crippen LogP contribution < -0.4 is 10.2 Å². The Kier molecular flexibility index (Phi) is 6.05. The van der Waals surface area contributed by atoms with E-state index in [4.69, 9.17) is 5.11 Å². The van der Waals surface area contributed by atoms with Crippen LogP contribution in [0.3, 0.4) is 0 Å². The summed E-state index contributed by atoms with van der Waals surface area (Å²) in [5.74, 6) is 0.657. The third-order valence-corrected chi connectivity index (χ3v) is 5.59. The topological polar surface area (TPSA) is 129 Å². The molecule has 10 nitrogen and oxygen atoms in total. The molecule has 0 amide bonds. The van der Waals surface area contributed by atoms with Crippen molar-refractivity contribution in [3.05, 3.63) is 30.5 Å². The van der Waals surface area contributed by atoms with Crippen molar-refractivity contribution in [3.63, 3.8) is 0 Å². The van der Waals surface area contributed by atoms with Crippen LogP contribution in [0.4, 0.5) is 11.6 Å². The number of nitrogens with zero attached hydrogens (tertiary/aromatic N) is 5. The fourth-order valence-corrected chi connectivity index (χ4v) is 3.67. The van der Waals surface area contributed by atoms with E-state index in [0.29, 0.717) is 49.3 Å². The van der Waals surface area contributed by atoms with Crippen LogP contribution >= 0.6 is 0 Å². The van der Waals surface area contributed by atoms with E-state index in [1.807, 2.05) is 11.0 Å². The van der Waals surface area contributed by atoms with E-state index in [-0.39, 0.29) is 13.0 Å². The normalized spacial score (nSPS) is 15.4. The molecule has 0 bridgehead atoms. The summed E-state index contributed by atoms with van der Waals surface area (Å²) in [6, 6.07) is 7.16. The van der Waals surface area contributed by atoms with Gasteiger partial charge in [0.2, 0.25) is 10.0 Å². The third kappa shape index (κ3) is 5.14. The first-order valence-corrected chi connectivity index (χ1v) is 10.6. The van der Waals surface area contributed by atoms with Crippen molar-refractivity contribution in [1.29, 1.82) is 0 Å². The van der Waals surface area contributed by atoms with Crippen LogP contribution in [-0.4, -0.2) is 77.7 Å². The molecule has 150 valence electrons. The van der Waals surface area contributed by atoms with Gasteiger partial charge in [0.05, 0.1) is 12.7 Å².